The van der Waals surface area contributed by atoms with E-state index >= 15 is 0 Å². The fourth-order valence-corrected chi connectivity index (χ4v) is 1.42. The van der Waals surface area contributed by atoms with E-state index in [4.69, 9.17) is 5.11 Å². The monoisotopic (exact) mass is 260 g/mol. The van der Waals surface area contributed by atoms with Crippen molar-refractivity contribution < 1.29 is 24.2 Å². The molecule has 18 heavy (non-hydrogen) atoms. The third-order valence-corrected chi connectivity index (χ3v) is 1.91. The van der Waals surface area contributed by atoms with Gasteiger partial charge in [0.2, 0.25) is 0 Å². The van der Waals surface area contributed by atoms with E-state index < -0.39 is 31.1 Å². The molecule has 3 N–H and O–H groups in total. The van der Waals surface area contributed by atoms with Crippen molar-refractivity contribution >= 4 is 17.9 Å². The predicted molar refractivity (Wildman–Crippen MR) is 64.0 cm³/mol. The zero-order chi connectivity index (χ0) is 14.1. The Morgan fingerprint density at radius 3 is 2.28 bits per heavy atom. The SMILES string of the molecule is CC(C)CC(C)NC(=O)NC(=O)COCC(=O)O. The summed E-state index contributed by atoms with van der Waals surface area (Å²) in [6, 6.07) is -0.648. The molecule has 3 amide bonds. The average Bonchev–Trinajstić information content (AvgIpc) is 2.14. The van der Waals surface area contributed by atoms with Crippen molar-refractivity contribution in [1.82, 2.24) is 10.6 Å². The van der Waals surface area contributed by atoms with E-state index in [9.17, 15) is 14.4 Å². The number of carbonyl (C=O) groups is 3. The molecule has 0 saturated heterocycles. The summed E-state index contributed by atoms with van der Waals surface area (Å²) in [6.07, 6.45) is 0.803. The van der Waals surface area contributed by atoms with Crippen molar-refractivity contribution in [1.29, 1.82) is 0 Å². The van der Waals surface area contributed by atoms with Gasteiger partial charge in [-0.3, -0.25) is 10.1 Å². The number of nitrogens with one attached hydrogen (secondary N) is 2. The average molecular weight is 260 g/mol. The zero-order valence-corrected chi connectivity index (χ0v) is 10.9. The van der Waals surface area contributed by atoms with Gasteiger partial charge in [-0.1, -0.05) is 13.8 Å². The summed E-state index contributed by atoms with van der Waals surface area (Å²) in [7, 11) is 0. The first-order valence-corrected chi connectivity index (χ1v) is 5.71. The lowest BCUT2D eigenvalue weighted by atomic mass is 10.1. The first kappa shape index (κ1) is 16.4. The molecule has 0 rings (SSSR count). The molecule has 0 aromatic heterocycles. The maximum Gasteiger partial charge on any atom is 0.329 e. The second-order valence-corrected chi connectivity index (χ2v) is 4.44. The Kier molecular flexibility index (Phi) is 7.69. The number of ether oxygens (including phenoxy) is 1. The van der Waals surface area contributed by atoms with Crippen LogP contribution >= 0.6 is 0 Å². The minimum absolute atomic E-state index is 0.0438. The van der Waals surface area contributed by atoms with E-state index in [2.05, 4.69) is 15.4 Å². The van der Waals surface area contributed by atoms with Crippen molar-refractivity contribution in [3.8, 4) is 0 Å². The summed E-state index contributed by atoms with van der Waals surface area (Å²) >= 11 is 0. The van der Waals surface area contributed by atoms with Gasteiger partial charge in [0.1, 0.15) is 13.2 Å². The molecule has 7 heteroatoms. The van der Waals surface area contributed by atoms with Gasteiger partial charge in [-0.2, -0.15) is 0 Å². The highest BCUT2D eigenvalue weighted by molar-refractivity contribution is 5.95. The second-order valence-electron chi connectivity index (χ2n) is 4.44. The Hall–Kier alpha value is -1.63. The van der Waals surface area contributed by atoms with Crippen LogP contribution in [0.25, 0.3) is 0 Å². The lowest BCUT2D eigenvalue weighted by Crippen LogP contribution is -2.45. The summed E-state index contributed by atoms with van der Waals surface area (Å²) in [5.74, 6) is -1.40. The lowest BCUT2D eigenvalue weighted by molar-refractivity contribution is -0.143. The van der Waals surface area contributed by atoms with Crippen molar-refractivity contribution in [2.75, 3.05) is 13.2 Å². The number of carbonyl (C=O) groups excluding carboxylic acids is 2. The van der Waals surface area contributed by atoms with Crippen molar-refractivity contribution in [3.63, 3.8) is 0 Å². The number of hydrogen-bond donors (Lipinski definition) is 3. The van der Waals surface area contributed by atoms with Crippen LogP contribution in [-0.2, 0) is 14.3 Å². The molecule has 0 saturated carbocycles. The highest BCUT2D eigenvalue weighted by Gasteiger charge is 2.12. The summed E-state index contributed by atoms with van der Waals surface area (Å²) < 4.78 is 4.54. The number of aliphatic carboxylic acids is 1. The largest absolute Gasteiger partial charge is 0.480 e. The minimum Gasteiger partial charge on any atom is -0.480 e. The molecule has 0 spiro atoms. The first-order valence-electron chi connectivity index (χ1n) is 5.71. The van der Waals surface area contributed by atoms with E-state index in [0.717, 1.165) is 6.42 Å². The van der Waals surface area contributed by atoms with Gasteiger partial charge in [-0.25, -0.2) is 9.59 Å². The van der Waals surface area contributed by atoms with E-state index in [1.165, 1.54) is 0 Å². The van der Waals surface area contributed by atoms with E-state index in [0.29, 0.717) is 5.92 Å². The van der Waals surface area contributed by atoms with Gasteiger partial charge in [0.05, 0.1) is 0 Å². The summed E-state index contributed by atoms with van der Waals surface area (Å²) in [5.41, 5.74) is 0. The highest BCUT2D eigenvalue weighted by Crippen LogP contribution is 2.03. The quantitative estimate of drug-likeness (QED) is 0.612. The summed E-state index contributed by atoms with van der Waals surface area (Å²) in [6.45, 7) is 4.87. The number of hydrogen-bond acceptors (Lipinski definition) is 4. The van der Waals surface area contributed by atoms with Crippen LogP contribution in [0.1, 0.15) is 27.2 Å². The number of rotatable bonds is 7. The van der Waals surface area contributed by atoms with Gasteiger partial charge in [0.25, 0.3) is 5.91 Å². The molecule has 0 radical (unpaired) electrons. The fourth-order valence-electron chi connectivity index (χ4n) is 1.42. The standard InChI is InChI=1S/C11H20N2O5/c1-7(2)4-8(3)12-11(17)13-9(14)5-18-6-10(15)16/h7-8H,4-6H2,1-3H3,(H,15,16)(H2,12,13,14,17). The lowest BCUT2D eigenvalue weighted by Gasteiger charge is -2.15. The highest BCUT2D eigenvalue weighted by atomic mass is 16.5. The normalized spacial score (nSPS) is 12.0. The van der Waals surface area contributed by atoms with E-state index in [1.807, 2.05) is 20.8 Å². The second kappa shape index (κ2) is 8.46. The molecular formula is C11H20N2O5. The number of carboxylic acid groups (broad SMARTS) is 1. The molecule has 104 valence electrons. The molecule has 7 nitrogen and oxygen atoms in total. The smallest absolute Gasteiger partial charge is 0.329 e. The zero-order valence-electron chi connectivity index (χ0n) is 10.9. The maximum atomic E-state index is 11.3. The molecule has 0 aliphatic rings. The fraction of sp³-hybridized carbons (Fsp3) is 0.727. The van der Waals surface area contributed by atoms with Crippen LogP contribution in [0.2, 0.25) is 0 Å². The molecule has 1 unspecified atom stereocenters. The molecule has 0 bridgehead atoms. The molecule has 0 aliphatic heterocycles. The first-order chi connectivity index (χ1) is 8.31. The molecule has 0 fully saturated rings. The van der Waals surface area contributed by atoms with Crippen LogP contribution in [-0.4, -0.2) is 42.3 Å². The Balaban J connectivity index is 3.80. The van der Waals surface area contributed by atoms with Crippen LogP contribution in [0.3, 0.4) is 0 Å². The third-order valence-electron chi connectivity index (χ3n) is 1.91. The third kappa shape index (κ3) is 9.59. The van der Waals surface area contributed by atoms with Gasteiger partial charge in [-0.05, 0) is 19.3 Å². The van der Waals surface area contributed by atoms with Crippen LogP contribution in [0.5, 0.6) is 0 Å². The Morgan fingerprint density at radius 2 is 1.78 bits per heavy atom. The Labute approximate surface area is 106 Å². The van der Waals surface area contributed by atoms with Crippen molar-refractivity contribution in [2.24, 2.45) is 5.92 Å². The van der Waals surface area contributed by atoms with Gasteiger partial charge in [-0.15, -0.1) is 0 Å². The predicted octanol–water partition coefficient (Wildman–Crippen LogP) is 0.348. The van der Waals surface area contributed by atoms with Crippen LogP contribution in [0, 0.1) is 5.92 Å². The number of urea groups is 1. The van der Waals surface area contributed by atoms with Gasteiger partial charge < -0.3 is 15.2 Å². The maximum absolute atomic E-state index is 11.3. The van der Waals surface area contributed by atoms with Gasteiger partial charge >= 0.3 is 12.0 Å². The molecule has 0 aromatic rings. The van der Waals surface area contributed by atoms with Crippen molar-refractivity contribution in [2.45, 2.75) is 33.2 Å². The topological polar surface area (TPSA) is 105 Å². The summed E-state index contributed by atoms with van der Waals surface area (Å²) in [4.78, 5) is 32.6. The minimum atomic E-state index is -1.17. The Morgan fingerprint density at radius 1 is 1.17 bits per heavy atom. The van der Waals surface area contributed by atoms with E-state index in [1.54, 1.807) is 0 Å². The number of carboxylic acids is 1. The van der Waals surface area contributed by atoms with Gasteiger partial charge in [0.15, 0.2) is 0 Å². The number of imide groups is 1. The van der Waals surface area contributed by atoms with Crippen LogP contribution in [0.4, 0.5) is 4.79 Å². The molecular weight excluding hydrogens is 240 g/mol. The van der Waals surface area contributed by atoms with E-state index in [-0.39, 0.29) is 6.04 Å². The summed E-state index contributed by atoms with van der Waals surface area (Å²) in [5, 5.41) is 12.9. The Bertz CT molecular complexity index is 304. The molecule has 0 aromatic carbocycles. The molecule has 1 atom stereocenters. The van der Waals surface area contributed by atoms with Crippen LogP contribution in [0.15, 0.2) is 0 Å². The van der Waals surface area contributed by atoms with Gasteiger partial charge in [0, 0.05) is 6.04 Å². The van der Waals surface area contributed by atoms with Crippen molar-refractivity contribution in [3.05, 3.63) is 0 Å². The molecule has 0 aliphatic carbocycles. The van der Waals surface area contributed by atoms with Crippen LogP contribution < -0.4 is 10.6 Å². The number of amides is 3. The molecule has 0 heterocycles.